The highest BCUT2D eigenvalue weighted by atomic mass is 16.5. The van der Waals surface area contributed by atoms with E-state index in [4.69, 9.17) is 4.74 Å². The maximum Gasteiger partial charge on any atom is 0.168 e. The predicted molar refractivity (Wildman–Crippen MR) is 48.0 cm³/mol. The molecule has 12 heavy (non-hydrogen) atoms. The molecule has 0 atom stereocenters. The van der Waals surface area contributed by atoms with Crippen molar-refractivity contribution in [2.45, 2.75) is 37.7 Å². The molecular formula is C10H16O2. The fraction of sp³-hybridized carbons (Fsp3) is 0.700. The molecule has 1 fully saturated rings. The van der Waals surface area contributed by atoms with Gasteiger partial charge >= 0.3 is 0 Å². The van der Waals surface area contributed by atoms with Crippen LogP contribution in [0.5, 0.6) is 0 Å². The van der Waals surface area contributed by atoms with Crippen LogP contribution in [0.25, 0.3) is 0 Å². The molecular weight excluding hydrogens is 152 g/mol. The molecule has 0 aliphatic heterocycles. The molecule has 68 valence electrons. The summed E-state index contributed by atoms with van der Waals surface area (Å²) in [6.45, 7) is 3.56. The van der Waals surface area contributed by atoms with Gasteiger partial charge in [-0.15, -0.1) is 6.58 Å². The second kappa shape index (κ2) is 3.85. The quantitative estimate of drug-likeness (QED) is 0.601. The minimum absolute atomic E-state index is 0.192. The van der Waals surface area contributed by atoms with Crippen LogP contribution in [-0.2, 0) is 9.53 Å². The number of hydrogen-bond acceptors (Lipinski definition) is 2. The van der Waals surface area contributed by atoms with Crippen LogP contribution < -0.4 is 0 Å². The lowest BCUT2D eigenvalue weighted by atomic mass is 9.94. The van der Waals surface area contributed by atoms with E-state index < -0.39 is 5.60 Å². The summed E-state index contributed by atoms with van der Waals surface area (Å²) in [5.74, 6) is 0.192. The molecule has 0 saturated heterocycles. The van der Waals surface area contributed by atoms with Gasteiger partial charge in [0.05, 0.1) is 0 Å². The molecule has 0 spiro atoms. The van der Waals surface area contributed by atoms with Gasteiger partial charge in [0.1, 0.15) is 5.60 Å². The highest BCUT2D eigenvalue weighted by Gasteiger charge is 2.39. The van der Waals surface area contributed by atoms with E-state index in [9.17, 15) is 4.79 Å². The van der Waals surface area contributed by atoms with Gasteiger partial charge in [-0.1, -0.05) is 6.08 Å². The predicted octanol–water partition coefficient (Wildman–Crippen LogP) is 2.09. The maximum absolute atomic E-state index is 11.6. The Morgan fingerprint density at radius 1 is 1.58 bits per heavy atom. The number of Topliss-reactive ketones (excluding diaryl/α,β-unsaturated/α-hetero) is 1. The molecule has 2 nitrogen and oxygen atoms in total. The zero-order valence-corrected chi connectivity index (χ0v) is 7.64. The first-order valence-corrected chi connectivity index (χ1v) is 4.44. The highest BCUT2D eigenvalue weighted by molar-refractivity contribution is 5.88. The lowest BCUT2D eigenvalue weighted by molar-refractivity contribution is -0.139. The summed E-state index contributed by atoms with van der Waals surface area (Å²) in [6, 6.07) is 0. The number of allylic oxidation sites excluding steroid dienone is 1. The molecule has 1 aliphatic rings. The number of hydrogen-bond donors (Lipinski definition) is 0. The first-order chi connectivity index (χ1) is 5.75. The van der Waals surface area contributed by atoms with E-state index in [0.29, 0.717) is 6.42 Å². The summed E-state index contributed by atoms with van der Waals surface area (Å²) < 4.78 is 5.32. The van der Waals surface area contributed by atoms with Crippen LogP contribution in [0.15, 0.2) is 12.7 Å². The van der Waals surface area contributed by atoms with Crippen molar-refractivity contribution in [3.8, 4) is 0 Å². The zero-order valence-electron chi connectivity index (χ0n) is 7.64. The average molecular weight is 168 g/mol. The van der Waals surface area contributed by atoms with Gasteiger partial charge in [-0.2, -0.15) is 0 Å². The first kappa shape index (κ1) is 9.46. The van der Waals surface area contributed by atoms with Crippen LogP contribution in [0.2, 0.25) is 0 Å². The SMILES string of the molecule is C=CCC(=O)C1(OC)CCCC1. The molecule has 0 unspecified atom stereocenters. The Hall–Kier alpha value is -0.630. The smallest absolute Gasteiger partial charge is 0.168 e. The van der Waals surface area contributed by atoms with Crippen LogP contribution >= 0.6 is 0 Å². The summed E-state index contributed by atoms with van der Waals surface area (Å²) >= 11 is 0. The fourth-order valence-corrected chi connectivity index (χ4v) is 1.86. The van der Waals surface area contributed by atoms with Crippen LogP contribution in [0.3, 0.4) is 0 Å². The van der Waals surface area contributed by atoms with Crippen molar-refractivity contribution in [1.82, 2.24) is 0 Å². The van der Waals surface area contributed by atoms with Crippen molar-refractivity contribution in [3.05, 3.63) is 12.7 Å². The number of methoxy groups -OCH3 is 1. The topological polar surface area (TPSA) is 26.3 Å². The lowest BCUT2D eigenvalue weighted by Crippen LogP contribution is -2.37. The summed E-state index contributed by atoms with van der Waals surface area (Å²) in [5.41, 5.74) is -0.464. The van der Waals surface area contributed by atoms with Gasteiger partial charge in [0, 0.05) is 13.5 Å². The summed E-state index contributed by atoms with van der Waals surface area (Å²) in [6.07, 6.45) is 6.08. The van der Waals surface area contributed by atoms with Crippen molar-refractivity contribution in [2.75, 3.05) is 7.11 Å². The van der Waals surface area contributed by atoms with E-state index >= 15 is 0 Å². The molecule has 0 aromatic heterocycles. The van der Waals surface area contributed by atoms with Gasteiger partial charge in [0.2, 0.25) is 0 Å². The molecule has 1 aliphatic carbocycles. The van der Waals surface area contributed by atoms with Crippen LogP contribution in [0, 0.1) is 0 Å². The van der Waals surface area contributed by atoms with E-state index in [1.165, 1.54) is 0 Å². The van der Waals surface area contributed by atoms with Gasteiger partial charge in [0.25, 0.3) is 0 Å². The summed E-state index contributed by atoms with van der Waals surface area (Å²) in [4.78, 5) is 11.6. The largest absolute Gasteiger partial charge is 0.370 e. The molecule has 2 heteroatoms. The third-order valence-electron chi connectivity index (χ3n) is 2.64. The molecule has 0 aromatic carbocycles. The van der Waals surface area contributed by atoms with Crippen molar-refractivity contribution >= 4 is 5.78 Å². The second-order valence-corrected chi connectivity index (χ2v) is 3.32. The fourth-order valence-electron chi connectivity index (χ4n) is 1.86. The number of carbonyl (C=O) groups is 1. The molecule has 1 rings (SSSR count). The van der Waals surface area contributed by atoms with Gasteiger partial charge < -0.3 is 4.74 Å². The van der Waals surface area contributed by atoms with Gasteiger partial charge in [-0.3, -0.25) is 4.79 Å². The van der Waals surface area contributed by atoms with Crippen LogP contribution in [0.4, 0.5) is 0 Å². The Balaban J connectivity index is 2.65. The number of carbonyl (C=O) groups excluding carboxylic acids is 1. The van der Waals surface area contributed by atoms with E-state index in [2.05, 4.69) is 6.58 Å². The maximum atomic E-state index is 11.6. The third-order valence-corrected chi connectivity index (χ3v) is 2.64. The first-order valence-electron chi connectivity index (χ1n) is 4.44. The Labute approximate surface area is 73.6 Å². The van der Waals surface area contributed by atoms with Crippen molar-refractivity contribution in [1.29, 1.82) is 0 Å². The number of ketones is 1. The normalized spacial score (nSPS) is 20.8. The minimum Gasteiger partial charge on any atom is -0.370 e. The van der Waals surface area contributed by atoms with E-state index in [1.54, 1.807) is 13.2 Å². The molecule has 0 amide bonds. The van der Waals surface area contributed by atoms with Gasteiger partial charge in [-0.25, -0.2) is 0 Å². The Kier molecular flexibility index (Phi) is 3.04. The molecule has 1 saturated carbocycles. The number of ether oxygens (including phenoxy) is 1. The minimum atomic E-state index is -0.464. The lowest BCUT2D eigenvalue weighted by Gasteiger charge is -2.24. The van der Waals surface area contributed by atoms with Crippen molar-refractivity contribution < 1.29 is 9.53 Å². The summed E-state index contributed by atoms with van der Waals surface area (Å²) in [5, 5.41) is 0. The Morgan fingerprint density at radius 2 is 2.17 bits per heavy atom. The van der Waals surface area contributed by atoms with Gasteiger partial charge in [0.15, 0.2) is 5.78 Å². The Morgan fingerprint density at radius 3 is 2.58 bits per heavy atom. The second-order valence-electron chi connectivity index (χ2n) is 3.32. The van der Waals surface area contributed by atoms with Crippen LogP contribution in [0.1, 0.15) is 32.1 Å². The molecule has 0 N–H and O–H groups in total. The van der Waals surface area contributed by atoms with Crippen molar-refractivity contribution in [2.24, 2.45) is 0 Å². The van der Waals surface area contributed by atoms with E-state index in [0.717, 1.165) is 25.7 Å². The van der Waals surface area contributed by atoms with E-state index in [1.807, 2.05) is 0 Å². The highest BCUT2D eigenvalue weighted by Crippen LogP contribution is 2.34. The molecule has 0 bridgehead atoms. The van der Waals surface area contributed by atoms with Crippen LogP contribution in [-0.4, -0.2) is 18.5 Å². The molecule has 0 aromatic rings. The zero-order chi connectivity index (χ0) is 9.03. The van der Waals surface area contributed by atoms with E-state index in [-0.39, 0.29) is 5.78 Å². The van der Waals surface area contributed by atoms with Gasteiger partial charge in [-0.05, 0) is 25.7 Å². The third kappa shape index (κ3) is 1.58. The van der Waals surface area contributed by atoms with Crippen molar-refractivity contribution in [3.63, 3.8) is 0 Å². The molecule has 0 heterocycles. The summed E-state index contributed by atoms with van der Waals surface area (Å²) in [7, 11) is 1.63. The molecule has 0 radical (unpaired) electrons. The Bertz CT molecular complexity index is 178. The monoisotopic (exact) mass is 168 g/mol. The number of rotatable bonds is 4. The standard InChI is InChI=1S/C10H16O2/c1-3-6-9(11)10(12-2)7-4-5-8-10/h3H,1,4-8H2,2H3. The average Bonchev–Trinajstić information content (AvgIpc) is 2.54.